The maximum atomic E-state index is 9.50. The lowest BCUT2D eigenvalue weighted by molar-refractivity contribution is -0.305. The van der Waals surface area contributed by atoms with Gasteiger partial charge in [0.15, 0.2) is 5.79 Å². The summed E-state index contributed by atoms with van der Waals surface area (Å²) in [4.78, 5) is 0. The average molecular weight is 193 g/mol. The maximum absolute atomic E-state index is 9.50. The van der Waals surface area contributed by atoms with Crippen molar-refractivity contribution in [2.45, 2.75) is 37.1 Å². The van der Waals surface area contributed by atoms with Gasteiger partial charge >= 0.3 is 0 Å². The van der Waals surface area contributed by atoms with E-state index in [1.165, 1.54) is 6.92 Å². The lowest BCUT2D eigenvalue weighted by atomic mass is 9.92. The Morgan fingerprint density at radius 1 is 1.38 bits per heavy atom. The van der Waals surface area contributed by atoms with Crippen LogP contribution in [-0.2, 0) is 4.74 Å². The Hall–Kier alpha value is -0.240. The van der Waals surface area contributed by atoms with Gasteiger partial charge in [-0.1, -0.05) is 0 Å². The Morgan fingerprint density at radius 3 is 2.38 bits per heavy atom. The van der Waals surface area contributed by atoms with Gasteiger partial charge in [0.1, 0.15) is 18.3 Å². The second kappa shape index (κ2) is 3.49. The minimum Gasteiger partial charge on any atom is -0.394 e. The van der Waals surface area contributed by atoms with Crippen LogP contribution in [0.25, 0.3) is 0 Å². The van der Waals surface area contributed by atoms with Crippen molar-refractivity contribution in [3.63, 3.8) is 0 Å². The summed E-state index contributed by atoms with van der Waals surface area (Å²) in [5, 5.41) is 36.9. The molecule has 0 radical (unpaired) electrons. The predicted octanol–water partition coefficient (Wildman–Crippen LogP) is -2.86. The highest BCUT2D eigenvalue weighted by Gasteiger charge is 2.48. The van der Waals surface area contributed by atoms with Crippen LogP contribution in [-0.4, -0.2) is 57.2 Å². The second-order valence-electron chi connectivity index (χ2n) is 3.40. The van der Waals surface area contributed by atoms with Gasteiger partial charge in [-0.05, 0) is 6.92 Å². The van der Waals surface area contributed by atoms with Crippen LogP contribution in [0.2, 0.25) is 0 Å². The molecular formula is C7H15NO5. The highest BCUT2D eigenvalue weighted by Crippen LogP contribution is 2.25. The normalized spacial score (nSPS) is 52.2. The monoisotopic (exact) mass is 193 g/mol. The zero-order chi connectivity index (χ0) is 10.2. The van der Waals surface area contributed by atoms with Gasteiger partial charge in [-0.25, -0.2) is 0 Å². The number of aliphatic hydroxyl groups excluding tert-OH is 3. The van der Waals surface area contributed by atoms with Crippen molar-refractivity contribution < 1.29 is 25.2 Å². The van der Waals surface area contributed by atoms with Gasteiger partial charge in [-0.2, -0.15) is 0 Å². The van der Waals surface area contributed by atoms with Crippen molar-refractivity contribution in [2.75, 3.05) is 6.61 Å². The first-order valence-corrected chi connectivity index (χ1v) is 4.03. The molecule has 1 rings (SSSR count). The Kier molecular flexibility index (Phi) is 2.91. The smallest absolute Gasteiger partial charge is 0.181 e. The lowest BCUT2D eigenvalue weighted by Gasteiger charge is -2.44. The Bertz CT molecular complexity index is 184. The van der Waals surface area contributed by atoms with Crippen LogP contribution in [0, 0.1) is 0 Å². The fourth-order valence-electron chi connectivity index (χ4n) is 1.35. The molecule has 1 saturated heterocycles. The van der Waals surface area contributed by atoms with Crippen LogP contribution >= 0.6 is 0 Å². The van der Waals surface area contributed by atoms with E-state index in [0.29, 0.717) is 0 Å². The molecule has 13 heavy (non-hydrogen) atoms. The first-order chi connectivity index (χ1) is 5.90. The van der Waals surface area contributed by atoms with Crippen molar-refractivity contribution in [3.05, 3.63) is 0 Å². The molecule has 0 aromatic rings. The molecule has 6 N–H and O–H groups in total. The van der Waals surface area contributed by atoms with Gasteiger partial charge in [0.25, 0.3) is 0 Å². The average Bonchev–Trinajstić information content (AvgIpc) is 2.08. The minimum atomic E-state index is -1.73. The number of nitrogens with two attached hydrogens (primary N) is 1. The van der Waals surface area contributed by atoms with Gasteiger partial charge in [-0.15, -0.1) is 0 Å². The van der Waals surface area contributed by atoms with Crippen LogP contribution < -0.4 is 5.73 Å². The van der Waals surface area contributed by atoms with Crippen molar-refractivity contribution in [1.82, 2.24) is 0 Å². The summed E-state index contributed by atoms with van der Waals surface area (Å²) in [6.45, 7) is 0.788. The van der Waals surface area contributed by atoms with E-state index in [0.717, 1.165) is 0 Å². The van der Waals surface area contributed by atoms with Crippen LogP contribution in [0.15, 0.2) is 0 Å². The molecule has 0 spiro atoms. The van der Waals surface area contributed by atoms with Crippen LogP contribution in [0.5, 0.6) is 0 Å². The van der Waals surface area contributed by atoms with Crippen LogP contribution in [0.4, 0.5) is 0 Å². The highest BCUT2D eigenvalue weighted by molar-refractivity contribution is 4.96. The summed E-state index contributed by atoms with van der Waals surface area (Å²) in [5.74, 6) is -1.73. The van der Waals surface area contributed by atoms with Crippen molar-refractivity contribution in [3.8, 4) is 0 Å². The molecule has 78 valence electrons. The van der Waals surface area contributed by atoms with Crippen LogP contribution in [0.3, 0.4) is 0 Å². The molecule has 1 heterocycles. The number of aliphatic hydroxyl groups is 4. The van der Waals surface area contributed by atoms with Gasteiger partial charge in [-0.3, -0.25) is 0 Å². The number of hydrogen-bond donors (Lipinski definition) is 5. The summed E-state index contributed by atoms with van der Waals surface area (Å²) < 4.78 is 4.89. The number of rotatable bonds is 1. The summed E-state index contributed by atoms with van der Waals surface area (Å²) >= 11 is 0. The van der Waals surface area contributed by atoms with E-state index in [4.69, 9.17) is 15.6 Å². The summed E-state index contributed by atoms with van der Waals surface area (Å²) in [6.07, 6.45) is -3.59. The van der Waals surface area contributed by atoms with Crippen molar-refractivity contribution in [2.24, 2.45) is 5.73 Å². The molecule has 1 fully saturated rings. The molecule has 1 aliphatic heterocycles. The van der Waals surface area contributed by atoms with Gasteiger partial charge in [0.2, 0.25) is 0 Å². The largest absolute Gasteiger partial charge is 0.394 e. The van der Waals surface area contributed by atoms with Gasteiger partial charge in [0.05, 0.1) is 12.6 Å². The number of ether oxygens (including phenoxy) is 1. The molecule has 0 amide bonds. The molecule has 0 saturated carbocycles. The third kappa shape index (κ3) is 1.83. The first kappa shape index (κ1) is 10.8. The van der Waals surface area contributed by atoms with E-state index in [9.17, 15) is 15.3 Å². The first-order valence-electron chi connectivity index (χ1n) is 4.03. The molecule has 0 aliphatic carbocycles. The summed E-state index contributed by atoms with van der Waals surface area (Å²) in [5.41, 5.74) is 5.40. The van der Waals surface area contributed by atoms with Crippen LogP contribution in [0.1, 0.15) is 6.92 Å². The SMILES string of the molecule is CC1(O)O[C@H](CO)[C@H](O)[C@H](O)[C@H]1N. The topological polar surface area (TPSA) is 116 Å². The van der Waals surface area contributed by atoms with E-state index >= 15 is 0 Å². The quantitative estimate of drug-likeness (QED) is 0.306. The molecule has 0 aromatic heterocycles. The molecular weight excluding hydrogens is 178 g/mol. The molecule has 6 nitrogen and oxygen atoms in total. The van der Waals surface area contributed by atoms with E-state index in [1.807, 2.05) is 0 Å². The van der Waals surface area contributed by atoms with E-state index in [2.05, 4.69) is 0 Å². The fraction of sp³-hybridized carbons (Fsp3) is 1.00. The minimum absolute atomic E-state index is 0.485. The fourth-order valence-corrected chi connectivity index (χ4v) is 1.35. The Balaban J connectivity index is 2.79. The number of hydrogen-bond acceptors (Lipinski definition) is 6. The second-order valence-corrected chi connectivity index (χ2v) is 3.40. The van der Waals surface area contributed by atoms with Gasteiger partial charge in [0, 0.05) is 0 Å². The highest BCUT2D eigenvalue weighted by atomic mass is 16.6. The molecule has 6 heteroatoms. The zero-order valence-corrected chi connectivity index (χ0v) is 7.29. The molecule has 0 aromatic carbocycles. The maximum Gasteiger partial charge on any atom is 0.181 e. The summed E-state index contributed by atoms with van der Waals surface area (Å²) in [7, 11) is 0. The molecule has 5 atom stereocenters. The molecule has 1 unspecified atom stereocenters. The van der Waals surface area contributed by atoms with Crippen molar-refractivity contribution >= 4 is 0 Å². The zero-order valence-electron chi connectivity index (χ0n) is 7.29. The molecule has 1 aliphatic rings. The van der Waals surface area contributed by atoms with E-state index in [1.54, 1.807) is 0 Å². The predicted molar refractivity (Wildman–Crippen MR) is 42.6 cm³/mol. The van der Waals surface area contributed by atoms with Gasteiger partial charge < -0.3 is 30.9 Å². The molecule has 0 bridgehead atoms. The lowest BCUT2D eigenvalue weighted by Crippen LogP contribution is -2.67. The third-order valence-electron chi connectivity index (χ3n) is 2.29. The summed E-state index contributed by atoms with van der Waals surface area (Å²) in [6, 6.07) is -1.09. The third-order valence-corrected chi connectivity index (χ3v) is 2.29. The van der Waals surface area contributed by atoms with E-state index in [-0.39, 0.29) is 0 Å². The Morgan fingerprint density at radius 2 is 1.92 bits per heavy atom. The standard InChI is InChI=1S/C7H15NO5/c1-7(12)6(8)5(11)4(10)3(2-9)13-7/h3-6,9-12H,2,8H2,1H3/t3-,4+,5+,6-,7?/m1/s1. The Labute approximate surface area is 75.6 Å². The van der Waals surface area contributed by atoms with Crippen molar-refractivity contribution in [1.29, 1.82) is 0 Å². The van der Waals surface area contributed by atoms with E-state index < -0.39 is 36.7 Å².